The van der Waals surface area contributed by atoms with Crippen LogP contribution in [0.5, 0.6) is 0 Å². The van der Waals surface area contributed by atoms with Gasteiger partial charge in [0.05, 0.1) is 12.3 Å². The predicted molar refractivity (Wildman–Crippen MR) is 126 cm³/mol. The van der Waals surface area contributed by atoms with Crippen LogP contribution in [0.15, 0.2) is 53.0 Å². The summed E-state index contributed by atoms with van der Waals surface area (Å²) in [6, 6.07) is 13.4. The Kier molecular flexibility index (Phi) is 7.77. The number of hydrogen-bond acceptors (Lipinski definition) is 5. The zero-order valence-corrected chi connectivity index (χ0v) is 18.3. The van der Waals surface area contributed by atoms with Gasteiger partial charge in [-0.05, 0) is 41.7 Å². The summed E-state index contributed by atoms with van der Waals surface area (Å²) in [5, 5.41) is 18.9. The van der Waals surface area contributed by atoms with Gasteiger partial charge in [-0.2, -0.15) is 0 Å². The lowest BCUT2D eigenvalue weighted by Crippen LogP contribution is -2.21. The van der Waals surface area contributed by atoms with Gasteiger partial charge in [0.1, 0.15) is 11.9 Å². The number of amidine groups is 1. The molecular formula is C26H32N2O3. The van der Waals surface area contributed by atoms with Gasteiger partial charge in [-0.15, -0.1) is 0 Å². The lowest BCUT2D eigenvalue weighted by molar-refractivity contribution is -0.119. The summed E-state index contributed by atoms with van der Waals surface area (Å²) < 4.78 is 0. The number of benzene rings is 2. The fourth-order valence-electron chi connectivity index (χ4n) is 4.10. The molecule has 0 saturated heterocycles. The molecule has 164 valence electrons. The quantitative estimate of drug-likeness (QED) is 0.535. The second-order valence-electron chi connectivity index (χ2n) is 8.18. The van der Waals surface area contributed by atoms with Crippen LogP contribution in [0, 0.1) is 5.92 Å². The van der Waals surface area contributed by atoms with Gasteiger partial charge in [0.2, 0.25) is 0 Å². The van der Waals surface area contributed by atoms with E-state index in [0.29, 0.717) is 17.8 Å². The maximum atomic E-state index is 13.2. The van der Waals surface area contributed by atoms with Crippen LogP contribution in [0.1, 0.15) is 63.2 Å². The molecule has 0 amide bonds. The first kappa shape index (κ1) is 22.9. The molecule has 0 saturated carbocycles. The highest BCUT2D eigenvalue weighted by Crippen LogP contribution is 2.33. The number of nitrogens with two attached hydrogens (primary N) is 1. The van der Waals surface area contributed by atoms with E-state index >= 15 is 0 Å². The van der Waals surface area contributed by atoms with Gasteiger partial charge in [-0.1, -0.05) is 63.1 Å². The first-order chi connectivity index (χ1) is 15.0. The molecule has 1 unspecified atom stereocenters. The van der Waals surface area contributed by atoms with Crippen molar-refractivity contribution in [2.24, 2.45) is 16.6 Å². The van der Waals surface area contributed by atoms with Crippen molar-refractivity contribution in [2.45, 2.75) is 52.1 Å². The topological polar surface area (TPSA) is 95.9 Å². The zero-order valence-electron chi connectivity index (χ0n) is 18.3. The van der Waals surface area contributed by atoms with Gasteiger partial charge in [-0.3, -0.25) is 4.79 Å². The summed E-state index contributed by atoms with van der Waals surface area (Å²) in [5.74, 6) is 0.683. The SMILES string of the molecule is CCCC(CCC)C(=O)C1=Cc2ccc(-c3ccc(C(O)CO)cc3)cc2N=C(N)C1. The molecule has 0 radical (unpaired) electrons. The highest BCUT2D eigenvalue weighted by molar-refractivity contribution is 6.07. The van der Waals surface area contributed by atoms with Crippen molar-refractivity contribution in [1.29, 1.82) is 0 Å². The Morgan fingerprint density at radius 3 is 2.32 bits per heavy atom. The van der Waals surface area contributed by atoms with Gasteiger partial charge in [-0.25, -0.2) is 4.99 Å². The molecule has 1 aliphatic rings. The van der Waals surface area contributed by atoms with Crippen molar-refractivity contribution < 1.29 is 15.0 Å². The van der Waals surface area contributed by atoms with Gasteiger partial charge in [0, 0.05) is 23.5 Å². The molecular weight excluding hydrogens is 388 g/mol. The Balaban J connectivity index is 1.92. The highest BCUT2D eigenvalue weighted by atomic mass is 16.3. The second kappa shape index (κ2) is 10.5. The first-order valence-corrected chi connectivity index (χ1v) is 11.1. The van der Waals surface area contributed by atoms with Gasteiger partial charge in [0.15, 0.2) is 5.78 Å². The average molecular weight is 421 g/mol. The summed E-state index contributed by atoms with van der Waals surface area (Å²) in [7, 11) is 0. The number of rotatable bonds is 9. The second-order valence-corrected chi connectivity index (χ2v) is 8.18. The molecule has 0 aliphatic carbocycles. The molecule has 31 heavy (non-hydrogen) atoms. The van der Waals surface area contributed by atoms with E-state index in [2.05, 4.69) is 18.8 Å². The Morgan fingerprint density at radius 2 is 1.71 bits per heavy atom. The third-order valence-electron chi connectivity index (χ3n) is 5.76. The molecule has 0 bridgehead atoms. The van der Waals surface area contributed by atoms with E-state index in [1.807, 2.05) is 36.4 Å². The highest BCUT2D eigenvalue weighted by Gasteiger charge is 2.23. The minimum absolute atomic E-state index is 0.0441. The summed E-state index contributed by atoms with van der Waals surface area (Å²) in [5.41, 5.74) is 11.2. The van der Waals surface area contributed by atoms with Crippen molar-refractivity contribution >= 4 is 23.4 Å². The van der Waals surface area contributed by atoms with Crippen LogP contribution in [0.3, 0.4) is 0 Å². The molecule has 3 rings (SSSR count). The summed E-state index contributed by atoms with van der Waals surface area (Å²) in [6.45, 7) is 3.92. The average Bonchev–Trinajstić information content (AvgIpc) is 2.95. The monoisotopic (exact) mass is 420 g/mol. The number of hydrogen-bond donors (Lipinski definition) is 3. The number of carbonyl (C=O) groups excluding carboxylic acids is 1. The maximum absolute atomic E-state index is 13.2. The fraction of sp³-hybridized carbons (Fsp3) is 0.385. The van der Waals surface area contributed by atoms with Crippen LogP contribution in [0.25, 0.3) is 17.2 Å². The fourth-order valence-corrected chi connectivity index (χ4v) is 4.10. The summed E-state index contributed by atoms with van der Waals surface area (Å²) in [4.78, 5) is 17.8. The van der Waals surface area contributed by atoms with Gasteiger partial charge in [0.25, 0.3) is 0 Å². The van der Waals surface area contributed by atoms with E-state index < -0.39 is 6.10 Å². The van der Waals surface area contributed by atoms with Crippen molar-refractivity contribution in [3.63, 3.8) is 0 Å². The molecule has 2 aromatic carbocycles. The van der Waals surface area contributed by atoms with E-state index in [-0.39, 0.29) is 18.3 Å². The number of ketones is 1. The van der Waals surface area contributed by atoms with Gasteiger partial charge < -0.3 is 15.9 Å². The molecule has 1 heterocycles. The molecule has 0 spiro atoms. The van der Waals surface area contributed by atoms with Crippen molar-refractivity contribution in [3.05, 3.63) is 59.2 Å². The molecule has 1 aliphatic heterocycles. The van der Waals surface area contributed by atoms with Crippen molar-refractivity contribution in [2.75, 3.05) is 6.61 Å². The lowest BCUT2D eigenvalue weighted by Gasteiger charge is -2.16. The third kappa shape index (κ3) is 5.49. The minimum atomic E-state index is -0.879. The number of nitrogens with zero attached hydrogens (tertiary/aromatic N) is 1. The number of aliphatic hydroxyl groups excluding tert-OH is 2. The Hall–Kier alpha value is -2.76. The van der Waals surface area contributed by atoms with E-state index in [0.717, 1.165) is 53.6 Å². The molecule has 1 atom stereocenters. The van der Waals surface area contributed by atoms with Crippen LogP contribution in [-0.2, 0) is 4.79 Å². The first-order valence-electron chi connectivity index (χ1n) is 11.1. The Labute approximate surface area is 184 Å². The molecule has 5 heteroatoms. The molecule has 2 aromatic rings. The van der Waals surface area contributed by atoms with E-state index in [4.69, 9.17) is 10.8 Å². The number of aliphatic hydroxyl groups is 2. The Bertz CT molecular complexity index is 971. The van der Waals surface area contributed by atoms with Gasteiger partial charge >= 0.3 is 0 Å². The zero-order chi connectivity index (χ0) is 22.4. The summed E-state index contributed by atoms with van der Waals surface area (Å²) in [6.07, 6.45) is 5.21. The largest absolute Gasteiger partial charge is 0.393 e. The van der Waals surface area contributed by atoms with Crippen LogP contribution in [0.4, 0.5) is 5.69 Å². The molecule has 4 N–H and O–H groups in total. The molecule has 0 fully saturated rings. The Morgan fingerprint density at radius 1 is 1.06 bits per heavy atom. The van der Waals surface area contributed by atoms with Crippen LogP contribution in [-0.4, -0.2) is 28.4 Å². The third-order valence-corrected chi connectivity index (χ3v) is 5.76. The molecule has 5 nitrogen and oxygen atoms in total. The van der Waals surface area contributed by atoms with Crippen LogP contribution < -0.4 is 5.73 Å². The standard InChI is InChI=1S/C26H32N2O3/c1-3-5-19(6-4-2)26(31)22-13-21-12-11-20(14-23(21)28-25(27)15-22)17-7-9-18(10-8-17)24(30)16-29/h7-14,19,24,29-30H,3-6,15-16H2,1-2H3,(H2,27,28). The normalized spacial score (nSPS) is 14.5. The summed E-state index contributed by atoms with van der Waals surface area (Å²) >= 11 is 0. The van der Waals surface area contributed by atoms with Crippen LogP contribution in [0.2, 0.25) is 0 Å². The van der Waals surface area contributed by atoms with Crippen molar-refractivity contribution in [1.82, 2.24) is 0 Å². The number of aliphatic imine (C=N–C) groups is 1. The lowest BCUT2D eigenvalue weighted by atomic mass is 9.87. The number of carbonyl (C=O) groups is 1. The smallest absolute Gasteiger partial charge is 0.162 e. The molecule has 0 aromatic heterocycles. The predicted octanol–water partition coefficient (Wildman–Crippen LogP) is 4.94. The van der Waals surface area contributed by atoms with Crippen LogP contribution >= 0.6 is 0 Å². The van der Waals surface area contributed by atoms with E-state index in [9.17, 15) is 9.90 Å². The van der Waals surface area contributed by atoms with E-state index in [1.165, 1.54) is 0 Å². The number of fused-ring (bicyclic) bond motifs is 1. The number of Topliss-reactive ketones (excluding diaryl/α,β-unsaturated/α-hetero) is 1. The minimum Gasteiger partial charge on any atom is -0.393 e. The van der Waals surface area contributed by atoms with Crippen molar-refractivity contribution in [3.8, 4) is 11.1 Å². The maximum Gasteiger partial charge on any atom is 0.162 e. The van der Waals surface area contributed by atoms with E-state index in [1.54, 1.807) is 12.1 Å².